The molecule has 1 atom stereocenters. The number of aryl methyl sites for hydroxylation is 1. The summed E-state index contributed by atoms with van der Waals surface area (Å²) in [6, 6.07) is 7.86. The van der Waals surface area contributed by atoms with Crippen LogP contribution in [0.1, 0.15) is 25.3 Å². The number of amides is 1. The standard InChI is InChI=1S/C21H25N3O4S/c1-3-29(26,27)24-9-8-18(24)14-28-19-11-17(12-22-13-19)15-4-6-20-16(10-15)5-7-21(25)23(20)2/h4,6,10-13,18H,3,5,7-9,14H2,1-2H3/t18-/m0/s1. The molecule has 154 valence electrons. The molecular formula is C21H25N3O4S. The van der Waals surface area contributed by atoms with Gasteiger partial charge in [0.2, 0.25) is 15.9 Å². The van der Waals surface area contributed by atoms with Gasteiger partial charge >= 0.3 is 0 Å². The Morgan fingerprint density at radius 1 is 1.17 bits per heavy atom. The predicted molar refractivity (Wildman–Crippen MR) is 111 cm³/mol. The van der Waals surface area contributed by atoms with Crippen molar-refractivity contribution in [2.24, 2.45) is 0 Å². The van der Waals surface area contributed by atoms with Crippen LogP contribution in [0.4, 0.5) is 5.69 Å². The number of fused-ring (bicyclic) bond motifs is 1. The SMILES string of the molecule is CCS(=O)(=O)N1CC[C@H]1COc1cncc(-c2ccc3c(c2)CCC(=O)N3C)c1. The molecule has 0 radical (unpaired) electrons. The number of benzene rings is 1. The van der Waals surface area contributed by atoms with E-state index in [1.54, 1.807) is 31.3 Å². The molecule has 1 aromatic heterocycles. The molecule has 7 nitrogen and oxygen atoms in total. The van der Waals surface area contributed by atoms with Crippen molar-refractivity contribution in [3.05, 3.63) is 42.2 Å². The average Bonchev–Trinajstić information content (AvgIpc) is 2.70. The Bertz CT molecular complexity index is 1040. The highest BCUT2D eigenvalue weighted by Crippen LogP contribution is 2.32. The number of carbonyl (C=O) groups excluding carboxylic acids is 1. The van der Waals surface area contributed by atoms with E-state index >= 15 is 0 Å². The number of carbonyl (C=O) groups is 1. The molecular weight excluding hydrogens is 390 g/mol. The van der Waals surface area contributed by atoms with Crippen LogP contribution >= 0.6 is 0 Å². The Morgan fingerprint density at radius 3 is 2.72 bits per heavy atom. The fraction of sp³-hybridized carbons (Fsp3) is 0.429. The van der Waals surface area contributed by atoms with Gasteiger partial charge in [-0.2, -0.15) is 4.31 Å². The zero-order valence-corrected chi connectivity index (χ0v) is 17.5. The number of ether oxygens (including phenoxy) is 1. The summed E-state index contributed by atoms with van der Waals surface area (Å²) in [5, 5.41) is 0. The summed E-state index contributed by atoms with van der Waals surface area (Å²) in [5.41, 5.74) is 4.04. The minimum atomic E-state index is -3.17. The van der Waals surface area contributed by atoms with E-state index in [9.17, 15) is 13.2 Å². The van der Waals surface area contributed by atoms with Gasteiger partial charge in [0, 0.05) is 37.5 Å². The van der Waals surface area contributed by atoms with E-state index in [-0.39, 0.29) is 17.7 Å². The molecule has 2 aliphatic heterocycles. The Hall–Kier alpha value is -2.45. The fourth-order valence-corrected chi connectivity index (χ4v) is 5.14. The number of sulfonamides is 1. The topological polar surface area (TPSA) is 79.8 Å². The van der Waals surface area contributed by atoms with Crippen LogP contribution in [0.15, 0.2) is 36.7 Å². The Balaban J connectivity index is 1.48. The van der Waals surface area contributed by atoms with Gasteiger partial charge in [-0.1, -0.05) is 6.07 Å². The second-order valence-corrected chi connectivity index (χ2v) is 9.68. The highest BCUT2D eigenvalue weighted by Gasteiger charge is 2.36. The number of aromatic nitrogens is 1. The van der Waals surface area contributed by atoms with Gasteiger partial charge in [0.25, 0.3) is 0 Å². The smallest absolute Gasteiger partial charge is 0.227 e. The molecule has 0 N–H and O–H groups in total. The quantitative estimate of drug-likeness (QED) is 0.724. The zero-order chi connectivity index (χ0) is 20.6. The van der Waals surface area contributed by atoms with Crippen LogP contribution in [0.25, 0.3) is 11.1 Å². The van der Waals surface area contributed by atoms with Gasteiger partial charge in [-0.15, -0.1) is 0 Å². The lowest BCUT2D eigenvalue weighted by Gasteiger charge is -2.39. The maximum atomic E-state index is 12.0. The predicted octanol–water partition coefficient (Wildman–Crippen LogP) is 2.46. The molecule has 0 unspecified atom stereocenters. The van der Waals surface area contributed by atoms with E-state index in [2.05, 4.69) is 11.1 Å². The van der Waals surface area contributed by atoms with Crippen molar-refractivity contribution in [3.8, 4) is 16.9 Å². The second kappa shape index (κ2) is 7.76. The van der Waals surface area contributed by atoms with Crippen molar-refractivity contribution >= 4 is 21.6 Å². The van der Waals surface area contributed by atoms with Crippen molar-refractivity contribution in [2.75, 3.05) is 30.9 Å². The van der Waals surface area contributed by atoms with Gasteiger partial charge in [0.05, 0.1) is 18.0 Å². The molecule has 3 heterocycles. The Kier molecular flexibility index (Phi) is 5.31. The molecule has 0 saturated carbocycles. The minimum Gasteiger partial charge on any atom is -0.490 e. The molecule has 29 heavy (non-hydrogen) atoms. The van der Waals surface area contributed by atoms with E-state index in [0.717, 1.165) is 35.2 Å². The van der Waals surface area contributed by atoms with E-state index in [4.69, 9.17) is 4.74 Å². The first-order valence-electron chi connectivity index (χ1n) is 9.86. The maximum Gasteiger partial charge on any atom is 0.227 e. The Morgan fingerprint density at radius 2 is 2.00 bits per heavy atom. The first-order valence-corrected chi connectivity index (χ1v) is 11.5. The lowest BCUT2D eigenvalue weighted by Crippen LogP contribution is -2.54. The van der Waals surface area contributed by atoms with E-state index in [1.165, 1.54) is 4.31 Å². The van der Waals surface area contributed by atoms with Crippen molar-refractivity contribution < 1.29 is 17.9 Å². The third-order valence-electron chi connectivity index (χ3n) is 5.72. The summed E-state index contributed by atoms with van der Waals surface area (Å²) in [6.07, 6.45) is 5.49. The van der Waals surface area contributed by atoms with Crippen LogP contribution < -0.4 is 9.64 Å². The van der Waals surface area contributed by atoms with Gasteiger partial charge in [-0.25, -0.2) is 8.42 Å². The maximum absolute atomic E-state index is 12.0. The molecule has 1 saturated heterocycles. The van der Waals surface area contributed by atoms with Gasteiger partial charge in [-0.3, -0.25) is 9.78 Å². The summed E-state index contributed by atoms with van der Waals surface area (Å²) in [6.45, 7) is 2.54. The first kappa shape index (κ1) is 19.8. The van der Waals surface area contributed by atoms with Crippen molar-refractivity contribution in [3.63, 3.8) is 0 Å². The van der Waals surface area contributed by atoms with Crippen LogP contribution in [0.3, 0.4) is 0 Å². The molecule has 2 aliphatic rings. The fourth-order valence-electron chi connectivity index (χ4n) is 3.80. The van der Waals surface area contributed by atoms with Gasteiger partial charge in [-0.05, 0) is 49.1 Å². The van der Waals surface area contributed by atoms with Crippen molar-refractivity contribution in [1.82, 2.24) is 9.29 Å². The van der Waals surface area contributed by atoms with Crippen molar-refractivity contribution in [2.45, 2.75) is 32.2 Å². The molecule has 0 bridgehead atoms. The largest absolute Gasteiger partial charge is 0.490 e. The summed E-state index contributed by atoms with van der Waals surface area (Å²) in [4.78, 5) is 17.9. The van der Waals surface area contributed by atoms with Crippen LogP contribution in [0, 0.1) is 0 Å². The Labute approximate surface area is 171 Å². The number of nitrogens with zero attached hydrogens (tertiary/aromatic N) is 3. The monoisotopic (exact) mass is 415 g/mol. The highest BCUT2D eigenvalue weighted by atomic mass is 32.2. The van der Waals surface area contributed by atoms with Crippen LogP contribution in [-0.4, -0.2) is 55.6 Å². The number of hydrogen-bond donors (Lipinski definition) is 0. The molecule has 1 fully saturated rings. The molecule has 1 aromatic carbocycles. The van der Waals surface area contributed by atoms with Gasteiger partial charge < -0.3 is 9.64 Å². The van der Waals surface area contributed by atoms with Gasteiger partial charge in [0.15, 0.2) is 0 Å². The third-order valence-corrected chi connectivity index (χ3v) is 7.65. The van der Waals surface area contributed by atoms with Gasteiger partial charge in [0.1, 0.15) is 12.4 Å². The van der Waals surface area contributed by atoms with E-state index in [1.807, 2.05) is 18.2 Å². The van der Waals surface area contributed by atoms with Crippen LogP contribution in [0.2, 0.25) is 0 Å². The summed E-state index contributed by atoms with van der Waals surface area (Å²) in [5.74, 6) is 0.866. The molecule has 1 amide bonds. The number of pyridine rings is 1. The highest BCUT2D eigenvalue weighted by molar-refractivity contribution is 7.89. The molecule has 0 spiro atoms. The average molecular weight is 416 g/mol. The van der Waals surface area contributed by atoms with Crippen LogP contribution in [0.5, 0.6) is 5.75 Å². The second-order valence-electron chi connectivity index (χ2n) is 7.47. The van der Waals surface area contributed by atoms with Crippen molar-refractivity contribution in [1.29, 1.82) is 0 Å². The third kappa shape index (κ3) is 3.86. The van der Waals surface area contributed by atoms with E-state index in [0.29, 0.717) is 25.3 Å². The molecule has 0 aliphatic carbocycles. The van der Waals surface area contributed by atoms with E-state index < -0.39 is 10.0 Å². The van der Waals surface area contributed by atoms with Crippen LogP contribution in [-0.2, 0) is 21.2 Å². The number of anilines is 1. The lowest BCUT2D eigenvalue weighted by molar-refractivity contribution is -0.118. The molecule has 4 rings (SSSR count). The first-order chi connectivity index (χ1) is 13.9. The summed E-state index contributed by atoms with van der Waals surface area (Å²) < 4.78 is 31.5. The normalized spacial score (nSPS) is 19.6. The minimum absolute atomic E-state index is 0.111. The number of hydrogen-bond acceptors (Lipinski definition) is 5. The zero-order valence-electron chi connectivity index (χ0n) is 16.7. The molecule has 2 aromatic rings. The summed E-state index contributed by atoms with van der Waals surface area (Å²) in [7, 11) is -1.37. The number of rotatable bonds is 6. The summed E-state index contributed by atoms with van der Waals surface area (Å²) >= 11 is 0. The molecule has 8 heteroatoms. The lowest BCUT2D eigenvalue weighted by atomic mass is 9.97.